The predicted octanol–water partition coefficient (Wildman–Crippen LogP) is 4.45. The van der Waals surface area contributed by atoms with Crippen LogP contribution in [0.3, 0.4) is 0 Å². The van der Waals surface area contributed by atoms with Crippen molar-refractivity contribution in [3.8, 4) is 17.2 Å². The summed E-state index contributed by atoms with van der Waals surface area (Å²) in [6, 6.07) is 12.6. The summed E-state index contributed by atoms with van der Waals surface area (Å²) < 4.78 is 6.21. The molecule has 1 heterocycles. The minimum atomic E-state index is 0.0151. The molecule has 3 rings (SSSR count). The highest BCUT2D eigenvalue weighted by atomic mass is 79.9. The minimum Gasteiger partial charge on any atom is -0.507 e. The number of rotatable bonds is 3. The van der Waals surface area contributed by atoms with Crippen molar-refractivity contribution in [2.75, 3.05) is 0 Å². The molecule has 0 saturated carbocycles. The molecule has 21 heavy (non-hydrogen) atoms. The summed E-state index contributed by atoms with van der Waals surface area (Å²) in [5, 5.41) is 14.2. The van der Waals surface area contributed by atoms with Gasteiger partial charge in [-0.3, -0.25) is 0 Å². The molecule has 2 aromatic carbocycles. The minimum absolute atomic E-state index is 0.0151. The van der Waals surface area contributed by atoms with E-state index in [0.29, 0.717) is 22.8 Å². The van der Waals surface area contributed by atoms with Gasteiger partial charge < -0.3 is 9.63 Å². The number of phenolic OH excluding ortho intramolecular Hbond substituents is 1. The van der Waals surface area contributed by atoms with Gasteiger partial charge in [0.15, 0.2) is 5.82 Å². The van der Waals surface area contributed by atoms with Gasteiger partial charge in [-0.05, 0) is 35.9 Å². The van der Waals surface area contributed by atoms with E-state index in [2.05, 4.69) is 26.1 Å². The molecule has 0 atom stereocenters. The second kappa shape index (κ2) is 5.87. The first-order chi connectivity index (χ1) is 10.1. The quantitative estimate of drug-likeness (QED) is 0.745. The van der Waals surface area contributed by atoms with Crippen LogP contribution >= 0.6 is 27.5 Å². The Hall–Kier alpha value is -1.85. The van der Waals surface area contributed by atoms with Gasteiger partial charge in [0.2, 0.25) is 0 Å². The average molecular weight is 366 g/mol. The molecule has 106 valence electrons. The van der Waals surface area contributed by atoms with E-state index in [4.69, 9.17) is 16.1 Å². The van der Waals surface area contributed by atoms with Gasteiger partial charge in [-0.1, -0.05) is 44.8 Å². The van der Waals surface area contributed by atoms with E-state index in [1.54, 1.807) is 12.1 Å². The molecule has 4 nitrogen and oxygen atoms in total. The Morgan fingerprint density at radius 2 is 1.90 bits per heavy atom. The molecule has 0 aliphatic rings. The average Bonchev–Trinajstić information content (AvgIpc) is 2.90. The van der Waals surface area contributed by atoms with Crippen molar-refractivity contribution >= 4 is 27.5 Å². The fourth-order valence-corrected chi connectivity index (χ4v) is 2.34. The molecule has 0 fully saturated rings. The van der Waals surface area contributed by atoms with Crippen LogP contribution in [0.1, 0.15) is 11.4 Å². The number of aromatic nitrogens is 2. The number of halogens is 2. The topological polar surface area (TPSA) is 59.2 Å². The van der Waals surface area contributed by atoms with Crippen molar-refractivity contribution in [1.29, 1.82) is 0 Å². The highest BCUT2D eigenvalue weighted by Crippen LogP contribution is 2.30. The normalized spacial score (nSPS) is 10.8. The van der Waals surface area contributed by atoms with E-state index in [1.165, 1.54) is 6.07 Å². The van der Waals surface area contributed by atoms with Gasteiger partial charge in [0.25, 0.3) is 5.89 Å². The fraction of sp³-hybridized carbons (Fsp3) is 0.0667. The molecule has 0 unspecified atom stereocenters. The number of nitrogens with zero attached hydrogens (tertiary/aromatic N) is 2. The van der Waals surface area contributed by atoms with E-state index in [1.807, 2.05) is 24.3 Å². The lowest BCUT2D eigenvalue weighted by Crippen LogP contribution is -1.90. The van der Waals surface area contributed by atoms with Crippen molar-refractivity contribution in [2.45, 2.75) is 6.42 Å². The zero-order chi connectivity index (χ0) is 14.8. The van der Waals surface area contributed by atoms with Crippen LogP contribution < -0.4 is 0 Å². The van der Waals surface area contributed by atoms with Gasteiger partial charge in [0.05, 0.1) is 5.56 Å². The van der Waals surface area contributed by atoms with Crippen LogP contribution in [0.4, 0.5) is 0 Å². The van der Waals surface area contributed by atoms with Crippen LogP contribution in [0.25, 0.3) is 11.5 Å². The molecule has 0 bridgehead atoms. The third kappa shape index (κ3) is 3.25. The van der Waals surface area contributed by atoms with Gasteiger partial charge >= 0.3 is 0 Å². The molecule has 3 aromatic rings. The molecule has 0 aliphatic heterocycles. The summed E-state index contributed by atoms with van der Waals surface area (Å²) in [4.78, 5) is 4.30. The number of hydrogen-bond donors (Lipinski definition) is 1. The Balaban J connectivity index is 1.84. The largest absolute Gasteiger partial charge is 0.507 e. The van der Waals surface area contributed by atoms with Gasteiger partial charge in [-0.25, -0.2) is 0 Å². The number of benzene rings is 2. The third-order valence-corrected chi connectivity index (χ3v) is 3.70. The van der Waals surface area contributed by atoms with Crippen molar-refractivity contribution < 1.29 is 9.63 Å². The molecule has 0 amide bonds. The maximum absolute atomic E-state index is 9.86. The molecular weight excluding hydrogens is 356 g/mol. The van der Waals surface area contributed by atoms with E-state index >= 15 is 0 Å². The number of aromatic hydroxyl groups is 1. The fourth-order valence-electron chi connectivity index (χ4n) is 1.91. The van der Waals surface area contributed by atoms with Gasteiger partial charge in [-0.2, -0.15) is 4.98 Å². The Bertz CT molecular complexity index is 772. The van der Waals surface area contributed by atoms with E-state index in [0.717, 1.165) is 10.0 Å². The van der Waals surface area contributed by atoms with Crippen LogP contribution in [0.15, 0.2) is 51.5 Å². The zero-order valence-corrected chi connectivity index (χ0v) is 13.1. The molecule has 1 N–H and O–H groups in total. The van der Waals surface area contributed by atoms with Crippen LogP contribution in [-0.2, 0) is 6.42 Å². The van der Waals surface area contributed by atoms with Crippen molar-refractivity contribution in [3.05, 3.63) is 63.3 Å². The second-order valence-corrected chi connectivity index (χ2v) is 5.83. The second-order valence-electron chi connectivity index (χ2n) is 4.48. The Morgan fingerprint density at radius 3 is 2.62 bits per heavy atom. The predicted molar refractivity (Wildman–Crippen MR) is 83.4 cm³/mol. The summed E-state index contributed by atoms with van der Waals surface area (Å²) in [6.07, 6.45) is 0.561. The number of phenols is 1. The summed E-state index contributed by atoms with van der Waals surface area (Å²) in [5.41, 5.74) is 1.54. The first kappa shape index (κ1) is 14.1. The van der Waals surface area contributed by atoms with Crippen LogP contribution in [-0.4, -0.2) is 15.2 Å². The lowest BCUT2D eigenvalue weighted by atomic mass is 10.1. The van der Waals surface area contributed by atoms with Gasteiger partial charge in [0.1, 0.15) is 5.75 Å². The summed E-state index contributed by atoms with van der Waals surface area (Å²) in [6.45, 7) is 0. The van der Waals surface area contributed by atoms with Crippen molar-refractivity contribution in [2.24, 2.45) is 0 Å². The van der Waals surface area contributed by atoms with E-state index < -0.39 is 0 Å². The molecule has 0 radical (unpaired) electrons. The third-order valence-electron chi connectivity index (χ3n) is 2.93. The Labute approximate surface area is 134 Å². The zero-order valence-electron chi connectivity index (χ0n) is 10.8. The lowest BCUT2D eigenvalue weighted by molar-refractivity contribution is 0.418. The van der Waals surface area contributed by atoms with Crippen molar-refractivity contribution in [3.63, 3.8) is 0 Å². The van der Waals surface area contributed by atoms with E-state index in [9.17, 15) is 5.11 Å². The Morgan fingerprint density at radius 1 is 1.14 bits per heavy atom. The summed E-state index contributed by atoms with van der Waals surface area (Å²) in [5.74, 6) is 0.847. The maximum atomic E-state index is 9.86. The Kier molecular flexibility index (Phi) is 3.94. The van der Waals surface area contributed by atoms with Crippen molar-refractivity contribution in [1.82, 2.24) is 10.1 Å². The first-order valence-corrected chi connectivity index (χ1v) is 7.35. The van der Waals surface area contributed by atoms with Crippen LogP contribution in [0.5, 0.6) is 5.75 Å². The van der Waals surface area contributed by atoms with Gasteiger partial charge in [-0.15, -0.1) is 0 Å². The summed E-state index contributed by atoms with van der Waals surface area (Å²) >= 11 is 9.19. The molecule has 0 saturated heterocycles. The highest BCUT2D eigenvalue weighted by molar-refractivity contribution is 9.10. The highest BCUT2D eigenvalue weighted by Gasteiger charge is 2.13. The van der Waals surface area contributed by atoms with E-state index in [-0.39, 0.29) is 11.6 Å². The van der Waals surface area contributed by atoms with Crippen LogP contribution in [0.2, 0.25) is 5.02 Å². The molecule has 6 heteroatoms. The van der Waals surface area contributed by atoms with Gasteiger partial charge in [0, 0.05) is 15.9 Å². The first-order valence-electron chi connectivity index (χ1n) is 6.18. The lowest BCUT2D eigenvalue weighted by Gasteiger charge is -1.99. The SMILES string of the molecule is Oc1cc(Cl)ccc1-c1nc(Cc2ccc(Br)cc2)no1. The van der Waals surface area contributed by atoms with Crippen LogP contribution in [0, 0.1) is 0 Å². The molecule has 0 spiro atoms. The standard InChI is InChI=1S/C15H10BrClN2O2/c16-10-3-1-9(2-4-10)7-14-18-15(21-19-14)12-6-5-11(17)8-13(12)20/h1-6,8,20H,7H2. The monoisotopic (exact) mass is 364 g/mol. The molecule has 0 aliphatic carbocycles. The molecule has 1 aromatic heterocycles. The summed E-state index contributed by atoms with van der Waals surface area (Å²) in [7, 11) is 0. The maximum Gasteiger partial charge on any atom is 0.261 e. The molecular formula is C15H10BrClN2O2. The number of hydrogen-bond acceptors (Lipinski definition) is 4. The smallest absolute Gasteiger partial charge is 0.261 e.